The van der Waals surface area contributed by atoms with Gasteiger partial charge in [-0.1, -0.05) is 6.07 Å². The number of nitrogens with zero attached hydrogens (tertiary/aromatic N) is 2. The van der Waals surface area contributed by atoms with E-state index in [4.69, 9.17) is 0 Å². The summed E-state index contributed by atoms with van der Waals surface area (Å²) in [5.74, 6) is -0.640. The highest BCUT2D eigenvalue weighted by Crippen LogP contribution is 2.19. The minimum atomic E-state index is -0.378. The molecule has 0 spiro atoms. The van der Waals surface area contributed by atoms with Gasteiger partial charge in [-0.05, 0) is 48.9 Å². The molecule has 4 nitrogen and oxygen atoms in total. The molecule has 3 rings (SSSR count). The standard InChI is InChI=1S/C18H19F2N3O/c1-13-2-3-15(20)12-17(13)21-18(24)23-10-8-22(9-11-23)16-6-4-14(19)5-7-16/h2-7,12H,8-11H2,1H3,(H,21,24). The summed E-state index contributed by atoms with van der Waals surface area (Å²) >= 11 is 0. The maximum Gasteiger partial charge on any atom is 0.321 e. The Hall–Kier alpha value is -2.63. The monoisotopic (exact) mass is 331 g/mol. The molecule has 1 N–H and O–H groups in total. The summed E-state index contributed by atoms with van der Waals surface area (Å²) in [7, 11) is 0. The Labute approximate surface area is 139 Å². The van der Waals surface area contributed by atoms with Gasteiger partial charge in [0.1, 0.15) is 11.6 Å². The van der Waals surface area contributed by atoms with Gasteiger partial charge in [-0.25, -0.2) is 13.6 Å². The van der Waals surface area contributed by atoms with Crippen LogP contribution in [0.4, 0.5) is 25.0 Å². The average Bonchev–Trinajstić information content (AvgIpc) is 2.59. The fourth-order valence-electron chi connectivity index (χ4n) is 2.74. The van der Waals surface area contributed by atoms with Crippen LogP contribution in [0.1, 0.15) is 5.56 Å². The van der Waals surface area contributed by atoms with Crippen LogP contribution in [0.5, 0.6) is 0 Å². The number of hydrogen-bond donors (Lipinski definition) is 1. The summed E-state index contributed by atoms with van der Waals surface area (Å²) in [4.78, 5) is 16.1. The molecule has 2 aromatic rings. The van der Waals surface area contributed by atoms with Gasteiger partial charge in [-0.2, -0.15) is 0 Å². The topological polar surface area (TPSA) is 35.6 Å². The van der Waals surface area contributed by atoms with E-state index in [0.29, 0.717) is 31.9 Å². The largest absolute Gasteiger partial charge is 0.368 e. The first kappa shape index (κ1) is 16.2. The highest BCUT2D eigenvalue weighted by Gasteiger charge is 2.21. The van der Waals surface area contributed by atoms with Crippen LogP contribution in [0.3, 0.4) is 0 Å². The molecule has 0 atom stereocenters. The van der Waals surface area contributed by atoms with Gasteiger partial charge in [-0.3, -0.25) is 0 Å². The van der Waals surface area contributed by atoms with E-state index in [1.165, 1.54) is 24.3 Å². The van der Waals surface area contributed by atoms with Gasteiger partial charge in [-0.15, -0.1) is 0 Å². The third-order valence-corrected chi connectivity index (χ3v) is 4.20. The minimum absolute atomic E-state index is 0.234. The number of amides is 2. The number of anilines is 2. The van der Waals surface area contributed by atoms with Crippen molar-refractivity contribution in [1.29, 1.82) is 0 Å². The zero-order valence-electron chi connectivity index (χ0n) is 13.4. The van der Waals surface area contributed by atoms with Crippen molar-refractivity contribution in [2.75, 3.05) is 36.4 Å². The van der Waals surface area contributed by atoms with Crippen LogP contribution in [0.15, 0.2) is 42.5 Å². The highest BCUT2D eigenvalue weighted by atomic mass is 19.1. The van der Waals surface area contributed by atoms with Crippen molar-refractivity contribution in [1.82, 2.24) is 4.90 Å². The predicted octanol–water partition coefficient (Wildman–Crippen LogP) is 3.63. The first-order valence-electron chi connectivity index (χ1n) is 7.85. The van der Waals surface area contributed by atoms with Crippen molar-refractivity contribution in [3.63, 3.8) is 0 Å². The number of urea groups is 1. The maximum atomic E-state index is 13.3. The molecule has 6 heteroatoms. The molecule has 0 bridgehead atoms. The van der Waals surface area contributed by atoms with Crippen molar-refractivity contribution >= 4 is 17.4 Å². The Bertz CT molecular complexity index is 726. The first-order chi connectivity index (χ1) is 11.5. The van der Waals surface area contributed by atoms with Gasteiger partial charge in [0.15, 0.2) is 0 Å². The van der Waals surface area contributed by atoms with Gasteiger partial charge in [0.25, 0.3) is 0 Å². The van der Waals surface area contributed by atoms with Gasteiger partial charge < -0.3 is 15.1 Å². The van der Waals surface area contributed by atoms with E-state index >= 15 is 0 Å². The predicted molar refractivity (Wildman–Crippen MR) is 90.3 cm³/mol. The van der Waals surface area contributed by atoms with Gasteiger partial charge in [0, 0.05) is 37.6 Å². The molecule has 126 valence electrons. The van der Waals surface area contributed by atoms with E-state index < -0.39 is 0 Å². The van der Waals surface area contributed by atoms with Crippen LogP contribution in [-0.2, 0) is 0 Å². The van der Waals surface area contributed by atoms with Gasteiger partial charge in [0.2, 0.25) is 0 Å². The molecule has 24 heavy (non-hydrogen) atoms. The molecule has 2 aromatic carbocycles. The summed E-state index contributed by atoms with van der Waals surface area (Å²) in [5, 5.41) is 2.76. The maximum absolute atomic E-state index is 13.3. The number of benzene rings is 2. The van der Waals surface area contributed by atoms with Crippen LogP contribution in [-0.4, -0.2) is 37.1 Å². The number of nitrogens with one attached hydrogen (secondary N) is 1. The molecule has 1 heterocycles. The second-order valence-corrected chi connectivity index (χ2v) is 5.84. The van der Waals surface area contributed by atoms with Gasteiger partial charge >= 0.3 is 6.03 Å². The summed E-state index contributed by atoms with van der Waals surface area (Å²) in [6, 6.07) is 10.4. The third kappa shape index (κ3) is 3.64. The van der Waals surface area contributed by atoms with Crippen LogP contribution in [0.2, 0.25) is 0 Å². The fourth-order valence-corrected chi connectivity index (χ4v) is 2.74. The Balaban J connectivity index is 1.59. The lowest BCUT2D eigenvalue weighted by molar-refractivity contribution is 0.208. The van der Waals surface area contributed by atoms with Crippen molar-refractivity contribution in [3.8, 4) is 0 Å². The number of halogens is 2. The number of carbonyl (C=O) groups is 1. The van der Waals surface area contributed by atoms with E-state index in [1.807, 2.05) is 6.92 Å². The molecule has 0 aromatic heterocycles. The number of aryl methyl sites for hydroxylation is 1. The van der Waals surface area contributed by atoms with Crippen LogP contribution < -0.4 is 10.2 Å². The summed E-state index contributed by atoms with van der Waals surface area (Å²) in [5.41, 5.74) is 2.24. The van der Waals surface area contributed by atoms with Gasteiger partial charge in [0.05, 0.1) is 0 Å². The average molecular weight is 331 g/mol. The molecule has 2 amide bonds. The lowest BCUT2D eigenvalue weighted by atomic mass is 10.2. The molecule has 0 aliphatic carbocycles. The van der Waals surface area contributed by atoms with Crippen LogP contribution in [0.25, 0.3) is 0 Å². The number of carbonyl (C=O) groups excluding carboxylic acids is 1. The molecule has 0 radical (unpaired) electrons. The SMILES string of the molecule is Cc1ccc(F)cc1NC(=O)N1CCN(c2ccc(F)cc2)CC1. The number of piperazine rings is 1. The van der Waals surface area contributed by atoms with E-state index in [2.05, 4.69) is 10.2 Å². The Morgan fingerprint density at radius 2 is 1.58 bits per heavy atom. The molecule has 0 unspecified atom stereocenters. The zero-order chi connectivity index (χ0) is 17.1. The fraction of sp³-hybridized carbons (Fsp3) is 0.278. The molecular weight excluding hydrogens is 312 g/mol. The number of hydrogen-bond acceptors (Lipinski definition) is 2. The highest BCUT2D eigenvalue weighted by molar-refractivity contribution is 5.90. The molecule has 1 saturated heterocycles. The molecule has 1 aliphatic heterocycles. The summed E-state index contributed by atoms with van der Waals surface area (Å²) in [6.45, 7) is 4.26. The Morgan fingerprint density at radius 3 is 2.25 bits per heavy atom. The lowest BCUT2D eigenvalue weighted by Gasteiger charge is -2.36. The van der Waals surface area contributed by atoms with Crippen molar-refractivity contribution < 1.29 is 13.6 Å². The molecule has 1 aliphatic rings. The van der Waals surface area contributed by atoms with Crippen LogP contribution in [0, 0.1) is 18.6 Å². The van der Waals surface area contributed by atoms with Crippen LogP contribution >= 0.6 is 0 Å². The van der Waals surface area contributed by atoms with E-state index in [0.717, 1.165) is 11.3 Å². The van der Waals surface area contributed by atoms with Crippen molar-refractivity contribution in [3.05, 3.63) is 59.7 Å². The quantitative estimate of drug-likeness (QED) is 0.912. The number of rotatable bonds is 2. The third-order valence-electron chi connectivity index (χ3n) is 4.20. The minimum Gasteiger partial charge on any atom is -0.368 e. The van der Waals surface area contributed by atoms with E-state index in [1.54, 1.807) is 23.1 Å². The molecule has 0 saturated carbocycles. The summed E-state index contributed by atoms with van der Waals surface area (Å²) in [6.07, 6.45) is 0. The van der Waals surface area contributed by atoms with Crippen molar-refractivity contribution in [2.24, 2.45) is 0 Å². The first-order valence-corrected chi connectivity index (χ1v) is 7.85. The lowest BCUT2D eigenvalue weighted by Crippen LogP contribution is -2.50. The zero-order valence-corrected chi connectivity index (χ0v) is 13.4. The second kappa shape index (κ2) is 6.86. The Kier molecular flexibility index (Phi) is 4.64. The van der Waals surface area contributed by atoms with E-state index in [-0.39, 0.29) is 17.7 Å². The smallest absolute Gasteiger partial charge is 0.321 e. The van der Waals surface area contributed by atoms with E-state index in [9.17, 15) is 13.6 Å². The molecular formula is C18H19F2N3O. The summed E-state index contributed by atoms with van der Waals surface area (Å²) < 4.78 is 26.3. The molecule has 1 fully saturated rings. The normalized spacial score (nSPS) is 14.6. The Morgan fingerprint density at radius 1 is 0.958 bits per heavy atom. The van der Waals surface area contributed by atoms with Crippen molar-refractivity contribution in [2.45, 2.75) is 6.92 Å². The second-order valence-electron chi connectivity index (χ2n) is 5.84.